The molecule has 6 heteroatoms. The van der Waals surface area contributed by atoms with Crippen LogP contribution in [0.1, 0.15) is 38.0 Å². The molecule has 0 saturated heterocycles. The van der Waals surface area contributed by atoms with Gasteiger partial charge in [0.15, 0.2) is 0 Å². The predicted molar refractivity (Wildman–Crippen MR) is 78.8 cm³/mol. The topological polar surface area (TPSA) is 52.6 Å². The van der Waals surface area contributed by atoms with Crippen LogP contribution in [0.3, 0.4) is 0 Å². The summed E-state index contributed by atoms with van der Waals surface area (Å²) in [4.78, 5) is 22.3. The molecule has 0 fully saturated rings. The second kappa shape index (κ2) is 7.35. The van der Waals surface area contributed by atoms with Crippen LogP contribution in [0, 0.1) is 0 Å². The summed E-state index contributed by atoms with van der Waals surface area (Å²) in [5.74, 6) is -0.889. The van der Waals surface area contributed by atoms with Crippen molar-refractivity contribution in [2.45, 2.75) is 32.4 Å². The maximum atomic E-state index is 11.2. The van der Waals surface area contributed by atoms with Gasteiger partial charge in [-0.1, -0.05) is 31.2 Å². The lowest BCUT2D eigenvalue weighted by atomic mass is 10.1. The van der Waals surface area contributed by atoms with Gasteiger partial charge >= 0.3 is 9.28 Å². The van der Waals surface area contributed by atoms with Crippen LogP contribution in [0.4, 0.5) is 0 Å². The van der Waals surface area contributed by atoms with Gasteiger partial charge in [-0.3, -0.25) is 9.59 Å². The van der Waals surface area contributed by atoms with Crippen LogP contribution in [0.5, 0.6) is 0 Å². The molecule has 1 rings (SSSR count). The summed E-state index contributed by atoms with van der Waals surface area (Å²) in [7, 11) is -2.57. The summed E-state index contributed by atoms with van der Waals surface area (Å²) in [6.45, 7) is 4.64. The maximum Gasteiger partial charge on any atom is 0.483 e. The van der Waals surface area contributed by atoms with Gasteiger partial charge in [-0.25, -0.2) is 0 Å². The number of carbonyl (C=O) groups is 2. The standard InChI is InChI=1S/C13H18O4SSi/c1-4-12(18)11-7-5-6-8-13(11)19(16-9(2)14)17-10(3)15/h5-8,12,18-19H,4H2,1-3H3. The van der Waals surface area contributed by atoms with Crippen molar-refractivity contribution in [3.05, 3.63) is 29.8 Å². The van der Waals surface area contributed by atoms with Crippen LogP contribution in [-0.2, 0) is 18.4 Å². The van der Waals surface area contributed by atoms with Gasteiger partial charge in [0.25, 0.3) is 11.9 Å². The molecule has 1 aromatic carbocycles. The molecule has 0 N–H and O–H groups in total. The van der Waals surface area contributed by atoms with Crippen molar-refractivity contribution in [1.29, 1.82) is 0 Å². The van der Waals surface area contributed by atoms with Gasteiger partial charge in [-0.05, 0) is 12.0 Å². The lowest BCUT2D eigenvalue weighted by molar-refractivity contribution is -0.137. The fraction of sp³-hybridized carbons (Fsp3) is 0.385. The second-order valence-electron chi connectivity index (χ2n) is 4.10. The molecule has 0 radical (unpaired) electrons. The Morgan fingerprint density at radius 3 is 2.21 bits per heavy atom. The molecule has 0 aliphatic rings. The molecule has 0 saturated carbocycles. The quantitative estimate of drug-likeness (QED) is 0.663. The molecule has 4 nitrogen and oxygen atoms in total. The third-order valence-electron chi connectivity index (χ3n) is 2.54. The van der Waals surface area contributed by atoms with Crippen molar-refractivity contribution < 1.29 is 18.4 Å². The summed E-state index contributed by atoms with van der Waals surface area (Å²) < 4.78 is 10.4. The van der Waals surface area contributed by atoms with Gasteiger partial charge in [0.05, 0.1) is 0 Å². The molecule has 1 atom stereocenters. The highest BCUT2D eigenvalue weighted by Crippen LogP contribution is 2.22. The second-order valence-corrected chi connectivity index (χ2v) is 6.48. The van der Waals surface area contributed by atoms with Crippen LogP contribution in [0.15, 0.2) is 24.3 Å². The van der Waals surface area contributed by atoms with Crippen LogP contribution in [0.2, 0.25) is 0 Å². The molecule has 19 heavy (non-hydrogen) atoms. The molecule has 0 heterocycles. The molecule has 0 amide bonds. The minimum Gasteiger partial charge on any atom is -0.484 e. The number of rotatable bonds is 5. The monoisotopic (exact) mass is 298 g/mol. The van der Waals surface area contributed by atoms with Gasteiger partial charge in [0.1, 0.15) is 0 Å². The minimum atomic E-state index is -2.57. The van der Waals surface area contributed by atoms with E-state index in [0.29, 0.717) is 0 Å². The van der Waals surface area contributed by atoms with E-state index in [0.717, 1.165) is 17.2 Å². The summed E-state index contributed by atoms with van der Waals surface area (Å²) in [5, 5.41) is 0.812. The Morgan fingerprint density at radius 2 is 1.74 bits per heavy atom. The number of benzene rings is 1. The fourth-order valence-electron chi connectivity index (χ4n) is 1.70. The van der Waals surface area contributed by atoms with Gasteiger partial charge in [-0.15, -0.1) is 0 Å². The third kappa shape index (κ3) is 4.72. The molecule has 1 aromatic rings. The van der Waals surface area contributed by atoms with Crippen molar-refractivity contribution in [3.8, 4) is 0 Å². The minimum absolute atomic E-state index is 0.0253. The highest BCUT2D eigenvalue weighted by atomic mass is 32.1. The molecular formula is C13H18O4SSi. The Kier molecular flexibility index (Phi) is 6.10. The van der Waals surface area contributed by atoms with Gasteiger partial charge < -0.3 is 8.85 Å². The van der Waals surface area contributed by atoms with E-state index < -0.39 is 21.2 Å². The Labute approximate surface area is 120 Å². The molecule has 0 bridgehead atoms. The van der Waals surface area contributed by atoms with Gasteiger partial charge in [-0.2, -0.15) is 12.6 Å². The van der Waals surface area contributed by atoms with Crippen LogP contribution < -0.4 is 5.19 Å². The largest absolute Gasteiger partial charge is 0.484 e. The van der Waals surface area contributed by atoms with Crippen molar-refractivity contribution in [3.63, 3.8) is 0 Å². The number of carbonyl (C=O) groups excluding carboxylic acids is 2. The normalized spacial score (nSPS) is 12.1. The zero-order valence-electron chi connectivity index (χ0n) is 11.3. The lowest BCUT2D eigenvalue weighted by Gasteiger charge is -2.20. The zero-order chi connectivity index (χ0) is 14.4. The number of hydrogen-bond acceptors (Lipinski definition) is 5. The summed E-state index contributed by atoms with van der Waals surface area (Å²) in [5.41, 5.74) is 0.951. The number of hydrogen-bond donors (Lipinski definition) is 1. The Balaban J connectivity index is 3.13. The first-order valence-corrected chi connectivity index (χ1v) is 8.10. The Hall–Kier alpha value is -1.27. The van der Waals surface area contributed by atoms with E-state index in [1.165, 1.54) is 13.8 Å². The lowest BCUT2D eigenvalue weighted by Crippen LogP contribution is -2.41. The predicted octanol–water partition coefficient (Wildman–Crippen LogP) is 1.62. The Morgan fingerprint density at radius 1 is 1.21 bits per heavy atom. The van der Waals surface area contributed by atoms with Crippen LogP contribution in [0.25, 0.3) is 0 Å². The molecule has 1 unspecified atom stereocenters. The fourth-order valence-corrected chi connectivity index (χ4v) is 3.82. The smallest absolute Gasteiger partial charge is 0.483 e. The molecule has 104 valence electrons. The van der Waals surface area contributed by atoms with Crippen molar-refractivity contribution >= 4 is 39.0 Å². The molecule has 0 aliphatic carbocycles. The summed E-state index contributed by atoms with van der Waals surface area (Å²) in [6.07, 6.45) is 0.835. The van der Waals surface area contributed by atoms with Gasteiger partial charge in [0.2, 0.25) is 0 Å². The van der Waals surface area contributed by atoms with E-state index in [-0.39, 0.29) is 5.25 Å². The highest BCUT2D eigenvalue weighted by molar-refractivity contribution is 7.80. The van der Waals surface area contributed by atoms with Crippen molar-refractivity contribution in [1.82, 2.24) is 0 Å². The van der Waals surface area contributed by atoms with Crippen LogP contribution >= 0.6 is 12.6 Å². The van der Waals surface area contributed by atoms with Crippen molar-refractivity contribution in [2.24, 2.45) is 0 Å². The third-order valence-corrected chi connectivity index (χ3v) is 5.31. The highest BCUT2D eigenvalue weighted by Gasteiger charge is 2.27. The number of thiol groups is 1. The zero-order valence-corrected chi connectivity index (χ0v) is 13.3. The summed E-state index contributed by atoms with van der Waals surface area (Å²) in [6, 6.07) is 7.48. The Bertz CT molecular complexity index is 448. The van der Waals surface area contributed by atoms with Gasteiger partial charge in [0, 0.05) is 24.3 Å². The first-order chi connectivity index (χ1) is 8.95. The molecule has 0 spiro atoms. The summed E-state index contributed by atoms with van der Waals surface area (Å²) >= 11 is 4.51. The first kappa shape index (κ1) is 15.8. The van der Waals surface area contributed by atoms with E-state index in [9.17, 15) is 9.59 Å². The molecular weight excluding hydrogens is 280 g/mol. The molecule has 0 aliphatic heterocycles. The van der Waals surface area contributed by atoms with E-state index >= 15 is 0 Å². The first-order valence-electron chi connectivity index (χ1n) is 6.07. The SMILES string of the molecule is CCC(S)c1ccccc1[SiH](OC(C)=O)OC(C)=O. The maximum absolute atomic E-state index is 11.2. The van der Waals surface area contributed by atoms with E-state index in [1.807, 2.05) is 31.2 Å². The van der Waals surface area contributed by atoms with E-state index in [4.69, 9.17) is 8.85 Å². The van der Waals surface area contributed by atoms with E-state index in [1.54, 1.807) is 0 Å². The average molecular weight is 298 g/mol. The average Bonchev–Trinajstić information content (AvgIpc) is 2.36. The molecule has 0 aromatic heterocycles. The van der Waals surface area contributed by atoms with Crippen LogP contribution in [-0.4, -0.2) is 21.2 Å². The van der Waals surface area contributed by atoms with E-state index in [2.05, 4.69) is 12.6 Å². The van der Waals surface area contributed by atoms with Crippen molar-refractivity contribution in [2.75, 3.05) is 0 Å².